The van der Waals surface area contributed by atoms with Crippen molar-refractivity contribution in [1.82, 2.24) is 5.32 Å². The zero-order valence-corrected chi connectivity index (χ0v) is 11.6. The van der Waals surface area contributed by atoms with E-state index < -0.39 is 17.5 Å². The first kappa shape index (κ1) is 15.7. The largest absolute Gasteiger partial charge is 0.459 e. The third-order valence-electron chi connectivity index (χ3n) is 2.76. The van der Waals surface area contributed by atoms with Crippen molar-refractivity contribution in [3.05, 3.63) is 54.0 Å². The van der Waals surface area contributed by atoms with Crippen LogP contribution in [0.4, 0.5) is 14.5 Å². The monoisotopic (exact) mass is 308 g/mol. The van der Waals surface area contributed by atoms with Gasteiger partial charge in [0.25, 0.3) is 5.91 Å². The number of nitrogens with one attached hydrogen (secondary N) is 2. The van der Waals surface area contributed by atoms with Crippen molar-refractivity contribution in [2.24, 2.45) is 0 Å². The van der Waals surface area contributed by atoms with E-state index in [0.29, 0.717) is 6.42 Å². The first-order valence-electron chi connectivity index (χ1n) is 6.62. The average Bonchev–Trinajstić information content (AvgIpc) is 2.96. The number of benzene rings is 1. The van der Waals surface area contributed by atoms with Gasteiger partial charge >= 0.3 is 0 Å². The topological polar surface area (TPSA) is 71.3 Å². The van der Waals surface area contributed by atoms with Crippen LogP contribution in [0, 0.1) is 11.6 Å². The lowest BCUT2D eigenvalue weighted by Gasteiger charge is -2.06. The number of anilines is 1. The van der Waals surface area contributed by atoms with Gasteiger partial charge in [-0.25, -0.2) is 8.78 Å². The van der Waals surface area contributed by atoms with Crippen molar-refractivity contribution < 1.29 is 22.8 Å². The zero-order chi connectivity index (χ0) is 15.9. The van der Waals surface area contributed by atoms with E-state index in [4.69, 9.17) is 4.42 Å². The lowest BCUT2D eigenvalue weighted by molar-refractivity contribution is -0.116. The normalized spacial score (nSPS) is 10.3. The summed E-state index contributed by atoms with van der Waals surface area (Å²) < 4.78 is 30.8. The number of rotatable bonds is 6. The summed E-state index contributed by atoms with van der Waals surface area (Å²) in [6.45, 7) is 0.282. The predicted octanol–water partition coefficient (Wildman–Crippen LogP) is 2.71. The minimum absolute atomic E-state index is 0.0575. The molecule has 0 aliphatic carbocycles. The van der Waals surface area contributed by atoms with Crippen LogP contribution in [-0.4, -0.2) is 18.4 Å². The highest BCUT2D eigenvalue weighted by atomic mass is 19.1. The lowest BCUT2D eigenvalue weighted by Crippen LogP contribution is -2.25. The second-order valence-electron chi connectivity index (χ2n) is 4.54. The Bertz CT molecular complexity index is 637. The molecule has 1 aromatic heterocycles. The third kappa shape index (κ3) is 4.69. The second-order valence-corrected chi connectivity index (χ2v) is 4.54. The summed E-state index contributed by atoms with van der Waals surface area (Å²) in [5.41, 5.74) is 0.0575. The van der Waals surface area contributed by atoms with Crippen molar-refractivity contribution in [3.8, 4) is 0 Å². The van der Waals surface area contributed by atoms with E-state index in [-0.39, 0.29) is 30.3 Å². The first-order chi connectivity index (χ1) is 10.5. The summed E-state index contributed by atoms with van der Waals surface area (Å²) in [5, 5.41) is 4.98. The maximum Gasteiger partial charge on any atom is 0.286 e. The molecule has 5 nitrogen and oxygen atoms in total. The molecule has 7 heteroatoms. The predicted molar refractivity (Wildman–Crippen MR) is 75.3 cm³/mol. The number of carbonyl (C=O) groups excluding carboxylic acids is 2. The zero-order valence-electron chi connectivity index (χ0n) is 11.6. The Labute approximate surface area is 125 Å². The summed E-state index contributed by atoms with van der Waals surface area (Å²) in [6.07, 6.45) is 1.88. The van der Waals surface area contributed by atoms with Gasteiger partial charge in [-0.15, -0.1) is 0 Å². The van der Waals surface area contributed by atoms with Gasteiger partial charge in [0.05, 0.1) is 6.26 Å². The molecule has 0 aliphatic heterocycles. The first-order valence-corrected chi connectivity index (χ1v) is 6.62. The molecule has 0 aliphatic rings. The molecule has 1 heterocycles. The van der Waals surface area contributed by atoms with Crippen LogP contribution in [-0.2, 0) is 4.79 Å². The number of hydrogen-bond acceptors (Lipinski definition) is 3. The van der Waals surface area contributed by atoms with Gasteiger partial charge in [-0.05, 0) is 30.7 Å². The van der Waals surface area contributed by atoms with Crippen molar-refractivity contribution in [1.29, 1.82) is 0 Å². The summed E-state index contributed by atoms with van der Waals surface area (Å²) in [5.74, 6) is -2.09. The molecule has 0 atom stereocenters. The molecule has 2 N–H and O–H groups in total. The Balaban J connectivity index is 1.70. The van der Waals surface area contributed by atoms with Crippen LogP contribution in [0.25, 0.3) is 0 Å². The average molecular weight is 308 g/mol. The van der Waals surface area contributed by atoms with E-state index in [2.05, 4.69) is 10.6 Å². The Morgan fingerprint density at radius 3 is 2.50 bits per heavy atom. The Morgan fingerprint density at radius 2 is 1.86 bits per heavy atom. The van der Waals surface area contributed by atoms with Crippen LogP contribution >= 0.6 is 0 Å². The Hall–Kier alpha value is -2.70. The molecule has 2 amide bonds. The number of carbonyl (C=O) groups is 2. The maximum absolute atomic E-state index is 13.0. The van der Waals surface area contributed by atoms with Crippen molar-refractivity contribution in [2.75, 3.05) is 11.9 Å². The van der Waals surface area contributed by atoms with Crippen molar-refractivity contribution in [2.45, 2.75) is 12.8 Å². The molecule has 0 radical (unpaired) electrons. The Kier molecular flexibility index (Phi) is 5.24. The molecular weight excluding hydrogens is 294 g/mol. The molecule has 0 fully saturated rings. The molecule has 1 aromatic carbocycles. The van der Waals surface area contributed by atoms with E-state index in [1.54, 1.807) is 6.07 Å². The van der Waals surface area contributed by atoms with Gasteiger partial charge in [0.15, 0.2) is 5.76 Å². The molecule has 2 aromatic rings. The van der Waals surface area contributed by atoms with Crippen LogP contribution in [0.3, 0.4) is 0 Å². The SMILES string of the molecule is O=C(CCCNC(=O)c1ccco1)Nc1cc(F)cc(F)c1. The van der Waals surface area contributed by atoms with E-state index >= 15 is 0 Å². The molecule has 0 spiro atoms. The highest BCUT2D eigenvalue weighted by Gasteiger charge is 2.08. The molecule has 0 saturated heterocycles. The van der Waals surface area contributed by atoms with Crippen LogP contribution in [0.2, 0.25) is 0 Å². The smallest absolute Gasteiger partial charge is 0.286 e. The van der Waals surface area contributed by atoms with Gasteiger partial charge in [-0.1, -0.05) is 0 Å². The quantitative estimate of drug-likeness (QED) is 0.806. The van der Waals surface area contributed by atoms with E-state index in [0.717, 1.165) is 18.2 Å². The minimum Gasteiger partial charge on any atom is -0.459 e. The number of halogens is 2. The van der Waals surface area contributed by atoms with E-state index in [1.807, 2.05) is 0 Å². The molecule has 0 saturated carbocycles. The fourth-order valence-electron chi connectivity index (χ4n) is 1.80. The molecule has 0 unspecified atom stereocenters. The van der Waals surface area contributed by atoms with Crippen LogP contribution < -0.4 is 10.6 Å². The minimum atomic E-state index is -0.763. The standard InChI is InChI=1S/C15H14F2N2O3/c16-10-7-11(17)9-12(8-10)19-14(20)4-1-5-18-15(21)13-3-2-6-22-13/h2-3,6-9H,1,4-5H2,(H,18,21)(H,19,20). The third-order valence-corrected chi connectivity index (χ3v) is 2.76. The molecule has 0 bridgehead atoms. The summed E-state index contributed by atoms with van der Waals surface area (Å²) >= 11 is 0. The van der Waals surface area contributed by atoms with Gasteiger partial charge in [0.2, 0.25) is 5.91 Å². The van der Waals surface area contributed by atoms with Gasteiger partial charge in [0, 0.05) is 24.7 Å². The van der Waals surface area contributed by atoms with Gasteiger partial charge < -0.3 is 15.1 Å². The van der Waals surface area contributed by atoms with E-state index in [9.17, 15) is 18.4 Å². The lowest BCUT2D eigenvalue weighted by atomic mass is 10.2. The van der Waals surface area contributed by atoms with Crippen LogP contribution in [0.5, 0.6) is 0 Å². The van der Waals surface area contributed by atoms with Crippen LogP contribution in [0.1, 0.15) is 23.4 Å². The van der Waals surface area contributed by atoms with Crippen molar-refractivity contribution >= 4 is 17.5 Å². The van der Waals surface area contributed by atoms with E-state index in [1.165, 1.54) is 12.3 Å². The fourth-order valence-corrected chi connectivity index (χ4v) is 1.80. The number of furan rings is 1. The van der Waals surface area contributed by atoms with Gasteiger partial charge in [0.1, 0.15) is 11.6 Å². The van der Waals surface area contributed by atoms with Crippen molar-refractivity contribution in [3.63, 3.8) is 0 Å². The summed E-state index contributed by atoms with van der Waals surface area (Å²) in [6, 6.07) is 5.90. The summed E-state index contributed by atoms with van der Waals surface area (Å²) in [7, 11) is 0. The summed E-state index contributed by atoms with van der Waals surface area (Å²) in [4.78, 5) is 23.1. The molecule has 2 rings (SSSR count). The Morgan fingerprint density at radius 1 is 1.14 bits per heavy atom. The maximum atomic E-state index is 13.0. The molecule has 116 valence electrons. The number of hydrogen-bond donors (Lipinski definition) is 2. The van der Waals surface area contributed by atoms with Crippen LogP contribution in [0.15, 0.2) is 41.0 Å². The van der Waals surface area contributed by atoms with Gasteiger partial charge in [-0.3, -0.25) is 9.59 Å². The van der Waals surface area contributed by atoms with Gasteiger partial charge in [-0.2, -0.15) is 0 Å². The fraction of sp³-hybridized carbons (Fsp3) is 0.200. The highest BCUT2D eigenvalue weighted by Crippen LogP contribution is 2.13. The number of amides is 2. The highest BCUT2D eigenvalue weighted by molar-refractivity contribution is 5.92. The molecule has 22 heavy (non-hydrogen) atoms. The molecular formula is C15H14F2N2O3. The second kappa shape index (κ2) is 7.35.